The minimum atomic E-state index is 0. The number of halogens is 1. The molecule has 3 saturated carbocycles. The molecule has 4 fully saturated rings. The second kappa shape index (κ2) is 7.89. The zero-order valence-corrected chi connectivity index (χ0v) is 18.0. The Balaban J connectivity index is 0.00000182. The molecule has 4 rings (SSSR count). The lowest BCUT2D eigenvalue weighted by Gasteiger charge is -2.63. The Morgan fingerprint density at radius 1 is 1.24 bits per heavy atom. The maximum atomic E-state index is 6.03. The highest BCUT2D eigenvalue weighted by atomic mass is 127. The van der Waals surface area contributed by atoms with Gasteiger partial charge in [0.15, 0.2) is 5.96 Å². The summed E-state index contributed by atoms with van der Waals surface area (Å²) in [5.41, 5.74) is 0.823. The highest BCUT2D eigenvalue weighted by molar-refractivity contribution is 14.0. The van der Waals surface area contributed by atoms with Crippen LogP contribution in [0.3, 0.4) is 0 Å². The van der Waals surface area contributed by atoms with Gasteiger partial charge < -0.3 is 20.1 Å². The quantitative estimate of drug-likeness (QED) is 0.362. The lowest BCUT2D eigenvalue weighted by molar-refractivity contribution is -0.171. The molecule has 25 heavy (non-hydrogen) atoms. The van der Waals surface area contributed by atoms with E-state index in [-0.39, 0.29) is 24.0 Å². The van der Waals surface area contributed by atoms with Gasteiger partial charge in [-0.15, -0.1) is 24.0 Å². The lowest BCUT2D eigenvalue weighted by atomic mass is 9.46. The predicted molar refractivity (Wildman–Crippen MR) is 111 cm³/mol. The second-order valence-electron chi connectivity index (χ2n) is 8.47. The van der Waals surface area contributed by atoms with Gasteiger partial charge in [-0.1, -0.05) is 12.8 Å². The molecule has 2 N–H and O–H groups in total. The maximum Gasteiger partial charge on any atom is 0.191 e. The molecule has 0 aromatic carbocycles. The summed E-state index contributed by atoms with van der Waals surface area (Å²) in [6.07, 6.45) is 10.8. The summed E-state index contributed by atoms with van der Waals surface area (Å²) in [5.74, 6) is 1.68. The first-order chi connectivity index (χ1) is 11.7. The average molecular weight is 463 g/mol. The number of hydrogen-bond donors (Lipinski definition) is 2. The van der Waals surface area contributed by atoms with E-state index in [4.69, 9.17) is 9.47 Å². The van der Waals surface area contributed by atoms with Crippen molar-refractivity contribution in [2.75, 3.05) is 33.9 Å². The van der Waals surface area contributed by atoms with Crippen LogP contribution in [0, 0.1) is 16.7 Å². The van der Waals surface area contributed by atoms with E-state index in [1.807, 2.05) is 7.05 Å². The largest absolute Gasteiger partial charge is 0.385 e. The van der Waals surface area contributed by atoms with E-state index in [1.165, 1.54) is 44.9 Å². The number of hydrogen-bond acceptors (Lipinski definition) is 3. The molecule has 0 amide bonds. The van der Waals surface area contributed by atoms with Crippen molar-refractivity contribution >= 4 is 29.9 Å². The summed E-state index contributed by atoms with van der Waals surface area (Å²) in [6, 6.07) is 0.557. The topological polar surface area (TPSA) is 54.9 Å². The molecule has 1 heterocycles. The zero-order chi connectivity index (χ0) is 16.6. The number of nitrogens with zero attached hydrogens (tertiary/aromatic N) is 1. The van der Waals surface area contributed by atoms with Gasteiger partial charge in [-0.2, -0.15) is 0 Å². The molecule has 1 aliphatic heterocycles. The van der Waals surface area contributed by atoms with E-state index in [2.05, 4.69) is 15.6 Å². The number of aliphatic imine (C=N–C) groups is 1. The third-order valence-corrected chi connectivity index (χ3v) is 7.43. The highest BCUT2D eigenvalue weighted by Gasteiger charge is 2.66. The van der Waals surface area contributed by atoms with Crippen molar-refractivity contribution in [1.29, 1.82) is 0 Å². The van der Waals surface area contributed by atoms with Gasteiger partial charge in [0.2, 0.25) is 0 Å². The van der Waals surface area contributed by atoms with Crippen LogP contribution < -0.4 is 10.6 Å². The average Bonchev–Trinajstić information content (AvgIpc) is 2.92. The number of rotatable bonds is 6. The molecule has 0 radical (unpaired) electrons. The molecule has 1 saturated heterocycles. The smallest absolute Gasteiger partial charge is 0.191 e. The maximum absolute atomic E-state index is 6.03. The Morgan fingerprint density at radius 2 is 2.00 bits per heavy atom. The van der Waals surface area contributed by atoms with Gasteiger partial charge in [-0.25, -0.2) is 0 Å². The van der Waals surface area contributed by atoms with Gasteiger partial charge in [0.1, 0.15) is 0 Å². The number of methoxy groups -OCH3 is 1. The molecule has 0 aromatic rings. The fraction of sp³-hybridized carbons (Fsp3) is 0.947. The normalized spacial score (nSPS) is 34.2. The van der Waals surface area contributed by atoms with Gasteiger partial charge >= 0.3 is 0 Å². The molecule has 1 spiro atoms. The minimum absolute atomic E-state index is 0. The van der Waals surface area contributed by atoms with Crippen LogP contribution in [0.25, 0.3) is 0 Å². The van der Waals surface area contributed by atoms with Crippen molar-refractivity contribution in [3.63, 3.8) is 0 Å². The third-order valence-electron chi connectivity index (χ3n) is 7.43. The van der Waals surface area contributed by atoms with Crippen LogP contribution in [0.4, 0.5) is 0 Å². The van der Waals surface area contributed by atoms with Crippen LogP contribution >= 0.6 is 24.0 Å². The number of guanidine groups is 1. The second-order valence-corrected chi connectivity index (χ2v) is 8.47. The fourth-order valence-electron chi connectivity index (χ4n) is 5.58. The van der Waals surface area contributed by atoms with Gasteiger partial charge in [-0.3, -0.25) is 4.99 Å². The van der Waals surface area contributed by atoms with Crippen LogP contribution in [0.15, 0.2) is 4.99 Å². The molecule has 144 valence electrons. The molecular formula is C19H34IN3O2. The molecule has 0 bridgehead atoms. The van der Waals surface area contributed by atoms with Crippen LogP contribution in [0.2, 0.25) is 0 Å². The summed E-state index contributed by atoms with van der Waals surface area (Å²) in [6.45, 7) is 2.82. The Kier molecular flexibility index (Phi) is 6.21. The molecule has 3 unspecified atom stereocenters. The molecule has 0 aromatic heterocycles. The van der Waals surface area contributed by atoms with E-state index in [0.29, 0.717) is 28.9 Å². The van der Waals surface area contributed by atoms with E-state index in [1.54, 1.807) is 7.11 Å². The fourth-order valence-corrected chi connectivity index (χ4v) is 5.58. The van der Waals surface area contributed by atoms with E-state index in [0.717, 1.165) is 32.1 Å². The summed E-state index contributed by atoms with van der Waals surface area (Å²) < 4.78 is 11.3. The summed E-state index contributed by atoms with van der Waals surface area (Å²) in [4.78, 5) is 4.51. The molecular weight excluding hydrogens is 429 g/mol. The monoisotopic (exact) mass is 463 g/mol. The standard InChI is InChI=1S/C19H33N3O2.HI/c1-20-17(21-13-18(6-3-7-18)10-12-23-2)22-15-14-5-11-24-16(14)19(15)8-4-9-19;/h14-16H,3-13H2,1-2H3,(H2,20,21,22);1H. The summed E-state index contributed by atoms with van der Waals surface area (Å²) >= 11 is 0. The summed E-state index contributed by atoms with van der Waals surface area (Å²) in [7, 11) is 3.70. The highest BCUT2D eigenvalue weighted by Crippen LogP contribution is 2.62. The minimum Gasteiger partial charge on any atom is -0.385 e. The van der Waals surface area contributed by atoms with Crippen molar-refractivity contribution in [2.45, 2.75) is 63.5 Å². The molecule has 6 heteroatoms. The van der Waals surface area contributed by atoms with Crippen molar-refractivity contribution < 1.29 is 9.47 Å². The van der Waals surface area contributed by atoms with E-state index < -0.39 is 0 Å². The van der Waals surface area contributed by atoms with E-state index in [9.17, 15) is 0 Å². The number of fused-ring (bicyclic) bond motifs is 2. The molecule has 3 atom stereocenters. The first-order valence-corrected chi connectivity index (χ1v) is 9.81. The first-order valence-electron chi connectivity index (χ1n) is 9.81. The van der Waals surface area contributed by atoms with Crippen LogP contribution in [0.5, 0.6) is 0 Å². The lowest BCUT2D eigenvalue weighted by Crippen LogP contribution is -2.72. The Morgan fingerprint density at radius 3 is 2.56 bits per heavy atom. The van der Waals surface area contributed by atoms with Gasteiger partial charge in [0.05, 0.1) is 6.10 Å². The Hall–Kier alpha value is -0.0800. The van der Waals surface area contributed by atoms with Crippen LogP contribution in [-0.4, -0.2) is 52.0 Å². The molecule has 4 aliphatic rings. The molecule has 5 nitrogen and oxygen atoms in total. The SMILES string of the molecule is CN=C(NCC1(CCOC)CCC1)NC1C2CCOC2C12CCC2.I. The van der Waals surface area contributed by atoms with Crippen molar-refractivity contribution in [2.24, 2.45) is 21.7 Å². The molecule has 3 aliphatic carbocycles. The Labute approximate surface area is 169 Å². The van der Waals surface area contributed by atoms with Crippen LogP contribution in [0.1, 0.15) is 51.4 Å². The van der Waals surface area contributed by atoms with Crippen molar-refractivity contribution in [3.05, 3.63) is 0 Å². The third kappa shape index (κ3) is 3.31. The van der Waals surface area contributed by atoms with Crippen molar-refractivity contribution in [3.8, 4) is 0 Å². The van der Waals surface area contributed by atoms with Gasteiger partial charge in [0, 0.05) is 51.3 Å². The number of nitrogens with one attached hydrogen (secondary N) is 2. The van der Waals surface area contributed by atoms with Gasteiger partial charge in [-0.05, 0) is 43.9 Å². The number of ether oxygens (including phenoxy) is 2. The van der Waals surface area contributed by atoms with E-state index >= 15 is 0 Å². The Bertz CT molecular complexity index is 491. The predicted octanol–water partition coefficient (Wildman–Crippen LogP) is 2.93. The summed E-state index contributed by atoms with van der Waals surface area (Å²) in [5, 5.41) is 7.40. The van der Waals surface area contributed by atoms with Crippen molar-refractivity contribution in [1.82, 2.24) is 10.6 Å². The van der Waals surface area contributed by atoms with Gasteiger partial charge in [0.25, 0.3) is 0 Å². The van der Waals surface area contributed by atoms with Crippen LogP contribution in [-0.2, 0) is 9.47 Å². The first kappa shape index (κ1) is 19.7. The zero-order valence-electron chi connectivity index (χ0n) is 15.7.